The van der Waals surface area contributed by atoms with E-state index in [1.54, 1.807) is 7.11 Å². The molecule has 0 radical (unpaired) electrons. The Bertz CT molecular complexity index is 208. The number of carboxylic acids is 1. The molecule has 16 heavy (non-hydrogen) atoms. The average Bonchev–Trinajstić information content (AvgIpc) is 2.27. The van der Waals surface area contributed by atoms with Crippen molar-refractivity contribution in [1.82, 2.24) is 5.32 Å². The number of hydrogen-bond acceptors (Lipinski definition) is 3. The lowest BCUT2D eigenvalue weighted by atomic mass is 9.84. The molecule has 4 heteroatoms. The number of carboxylic acid groups (broad SMARTS) is 1. The van der Waals surface area contributed by atoms with Gasteiger partial charge in [-0.2, -0.15) is 0 Å². The lowest BCUT2D eigenvalue weighted by molar-refractivity contribution is -0.146. The molecule has 96 valence electrons. The van der Waals surface area contributed by atoms with E-state index in [2.05, 4.69) is 19.2 Å². The topological polar surface area (TPSA) is 58.6 Å². The zero-order valence-corrected chi connectivity index (χ0v) is 10.9. The monoisotopic (exact) mass is 231 g/mol. The maximum atomic E-state index is 11.4. The first kappa shape index (κ1) is 15.4. The first-order chi connectivity index (χ1) is 7.52. The number of ether oxygens (including phenoxy) is 1. The first-order valence-electron chi connectivity index (χ1n) is 5.99. The van der Waals surface area contributed by atoms with Gasteiger partial charge in [0.05, 0.1) is 6.61 Å². The predicted octanol–water partition coefficient (Wildman–Crippen LogP) is 1.89. The van der Waals surface area contributed by atoms with Gasteiger partial charge in [0, 0.05) is 13.7 Å². The Hall–Kier alpha value is -0.610. The number of aliphatic carboxylic acids is 1. The number of carbonyl (C=O) groups is 1. The van der Waals surface area contributed by atoms with Crippen LogP contribution in [-0.4, -0.2) is 36.9 Å². The quantitative estimate of drug-likeness (QED) is 0.595. The minimum Gasteiger partial charge on any atom is -0.480 e. The molecule has 0 spiro atoms. The standard InChI is InChI=1S/C12H25NO3/c1-5-10(3)9-12(6-2,11(14)15)13-7-8-16-4/h10,13H,5-9H2,1-4H3,(H,14,15). The summed E-state index contributed by atoms with van der Waals surface area (Å²) in [7, 11) is 1.62. The van der Waals surface area contributed by atoms with Crippen molar-refractivity contribution in [2.24, 2.45) is 5.92 Å². The van der Waals surface area contributed by atoms with Crippen LogP contribution in [0.1, 0.15) is 40.0 Å². The third-order valence-electron chi connectivity index (χ3n) is 3.18. The van der Waals surface area contributed by atoms with Gasteiger partial charge < -0.3 is 9.84 Å². The third kappa shape index (κ3) is 4.49. The SMILES string of the molecule is CCC(C)CC(CC)(NCCOC)C(=O)O. The van der Waals surface area contributed by atoms with E-state index in [1.165, 1.54) is 0 Å². The van der Waals surface area contributed by atoms with Crippen molar-refractivity contribution in [3.63, 3.8) is 0 Å². The Labute approximate surface area is 98.4 Å². The Morgan fingerprint density at radius 2 is 2.12 bits per heavy atom. The molecule has 0 rings (SSSR count). The molecule has 2 N–H and O–H groups in total. The smallest absolute Gasteiger partial charge is 0.323 e. The zero-order valence-electron chi connectivity index (χ0n) is 10.9. The Morgan fingerprint density at radius 3 is 2.50 bits per heavy atom. The van der Waals surface area contributed by atoms with Crippen molar-refractivity contribution in [2.45, 2.75) is 45.6 Å². The van der Waals surface area contributed by atoms with Crippen molar-refractivity contribution >= 4 is 5.97 Å². The maximum absolute atomic E-state index is 11.4. The highest BCUT2D eigenvalue weighted by atomic mass is 16.5. The van der Waals surface area contributed by atoms with Gasteiger partial charge in [-0.1, -0.05) is 27.2 Å². The summed E-state index contributed by atoms with van der Waals surface area (Å²) in [4.78, 5) is 11.4. The van der Waals surface area contributed by atoms with Crippen LogP contribution in [-0.2, 0) is 9.53 Å². The van der Waals surface area contributed by atoms with Gasteiger partial charge in [0.2, 0.25) is 0 Å². The van der Waals surface area contributed by atoms with Crippen LogP contribution in [0.25, 0.3) is 0 Å². The highest BCUT2D eigenvalue weighted by molar-refractivity contribution is 5.78. The lowest BCUT2D eigenvalue weighted by Crippen LogP contribution is -2.53. The molecule has 0 saturated heterocycles. The van der Waals surface area contributed by atoms with Gasteiger partial charge in [0.1, 0.15) is 5.54 Å². The van der Waals surface area contributed by atoms with Gasteiger partial charge in [-0.05, 0) is 18.8 Å². The number of hydrogen-bond donors (Lipinski definition) is 2. The van der Waals surface area contributed by atoms with E-state index < -0.39 is 11.5 Å². The first-order valence-corrected chi connectivity index (χ1v) is 5.99. The van der Waals surface area contributed by atoms with Crippen LogP contribution in [0.2, 0.25) is 0 Å². The molecule has 4 nitrogen and oxygen atoms in total. The number of methoxy groups -OCH3 is 1. The predicted molar refractivity (Wildman–Crippen MR) is 64.6 cm³/mol. The van der Waals surface area contributed by atoms with Gasteiger partial charge in [-0.3, -0.25) is 10.1 Å². The molecule has 0 amide bonds. The fourth-order valence-corrected chi connectivity index (χ4v) is 1.79. The van der Waals surface area contributed by atoms with Gasteiger partial charge >= 0.3 is 5.97 Å². The second-order valence-corrected chi connectivity index (χ2v) is 4.38. The Morgan fingerprint density at radius 1 is 1.50 bits per heavy atom. The zero-order chi connectivity index (χ0) is 12.6. The molecule has 0 aromatic heterocycles. The van der Waals surface area contributed by atoms with E-state index >= 15 is 0 Å². The Kier molecular flexibility index (Phi) is 7.34. The molecule has 0 aromatic rings. The van der Waals surface area contributed by atoms with Gasteiger partial charge in [0.25, 0.3) is 0 Å². The molecule has 0 saturated carbocycles. The maximum Gasteiger partial charge on any atom is 0.323 e. The van der Waals surface area contributed by atoms with Crippen molar-refractivity contribution in [2.75, 3.05) is 20.3 Å². The molecule has 0 bridgehead atoms. The third-order valence-corrected chi connectivity index (χ3v) is 3.18. The molecular formula is C12H25NO3. The summed E-state index contributed by atoms with van der Waals surface area (Å²) in [5, 5.41) is 12.5. The second kappa shape index (κ2) is 7.63. The van der Waals surface area contributed by atoms with E-state index in [0.29, 0.717) is 31.9 Å². The van der Waals surface area contributed by atoms with Gasteiger partial charge in [-0.15, -0.1) is 0 Å². The molecular weight excluding hydrogens is 206 g/mol. The van der Waals surface area contributed by atoms with E-state index in [9.17, 15) is 9.90 Å². The molecule has 2 unspecified atom stereocenters. The van der Waals surface area contributed by atoms with E-state index in [-0.39, 0.29) is 0 Å². The van der Waals surface area contributed by atoms with Crippen LogP contribution in [0.15, 0.2) is 0 Å². The summed E-state index contributed by atoms with van der Waals surface area (Å²) in [5.74, 6) is -0.350. The van der Waals surface area contributed by atoms with Gasteiger partial charge in [-0.25, -0.2) is 0 Å². The van der Waals surface area contributed by atoms with Crippen molar-refractivity contribution in [1.29, 1.82) is 0 Å². The molecule has 0 aliphatic carbocycles. The summed E-state index contributed by atoms with van der Waals surface area (Å²) in [5.41, 5.74) is -0.798. The van der Waals surface area contributed by atoms with Crippen LogP contribution < -0.4 is 5.32 Å². The Balaban J connectivity index is 4.51. The molecule has 2 atom stereocenters. The molecule has 0 heterocycles. The number of nitrogens with one attached hydrogen (secondary N) is 1. The minimum atomic E-state index is -0.798. The van der Waals surface area contributed by atoms with Crippen molar-refractivity contribution < 1.29 is 14.6 Å². The summed E-state index contributed by atoms with van der Waals surface area (Å²) >= 11 is 0. The number of rotatable bonds is 9. The second-order valence-electron chi connectivity index (χ2n) is 4.38. The van der Waals surface area contributed by atoms with Crippen LogP contribution in [0, 0.1) is 5.92 Å². The van der Waals surface area contributed by atoms with E-state index in [4.69, 9.17) is 4.74 Å². The summed E-state index contributed by atoms with van der Waals surface area (Å²) in [6, 6.07) is 0. The summed E-state index contributed by atoms with van der Waals surface area (Å²) in [6.45, 7) is 7.20. The normalized spacial score (nSPS) is 16.8. The molecule has 0 aliphatic rings. The van der Waals surface area contributed by atoms with Crippen molar-refractivity contribution in [3.05, 3.63) is 0 Å². The summed E-state index contributed by atoms with van der Waals surface area (Å²) in [6.07, 6.45) is 2.26. The van der Waals surface area contributed by atoms with Crippen LogP contribution in [0.5, 0.6) is 0 Å². The van der Waals surface area contributed by atoms with Crippen LogP contribution in [0.4, 0.5) is 0 Å². The fraction of sp³-hybridized carbons (Fsp3) is 0.917. The highest BCUT2D eigenvalue weighted by Crippen LogP contribution is 2.23. The van der Waals surface area contributed by atoms with E-state index in [0.717, 1.165) is 6.42 Å². The molecule has 0 aliphatic heterocycles. The molecule has 0 aromatic carbocycles. The average molecular weight is 231 g/mol. The lowest BCUT2D eigenvalue weighted by Gasteiger charge is -2.32. The van der Waals surface area contributed by atoms with Crippen molar-refractivity contribution in [3.8, 4) is 0 Å². The largest absolute Gasteiger partial charge is 0.480 e. The molecule has 0 fully saturated rings. The fourth-order valence-electron chi connectivity index (χ4n) is 1.79. The van der Waals surface area contributed by atoms with Gasteiger partial charge in [0.15, 0.2) is 0 Å². The van der Waals surface area contributed by atoms with Crippen LogP contribution >= 0.6 is 0 Å². The van der Waals surface area contributed by atoms with Crippen LogP contribution in [0.3, 0.4) is 0 Å². The minimum absolute atomic E-state index is 0.408. The van der Waals surface area contributed by atoms with E-state index in [1.807, 2.05) is 6.92 Å². The summed E-state index contributed by atoms with van der Waals surface area (Å²) < 4.78 is 4.94. The highest BCUT2D eigenvalue weighted by Gasteiger charge is 2.36.